The van der Waals surface area contributed by atoms with Gasteiger partial charge in [-0.2, -0.15) is 0 Å². The number of para-hydroxylation sites is 1. The molecule has 3 N–H and O–H groups in total. The van der Waals surface area contributed by atoms with Crippen LogP contribution in [-0.4, -0.2) is 35.3 Å². The number of carboxylic acids is 2. The number of methoxy groups -OCH3 is 1. The average Bonchev–Trinajstić information content (AvgIpc) is 2.55. The highest BCUT2D eigenvalue weighted by molar-refractivity contribution is 6.27. The predicted octanol–water partition coefficient (Wildman–Crippen LogP) is 2.52. The molecule has 0 heterocycles. The summed E-state index contributed by atoms with van der Waals surface area (Å²) in [6.45, 7) is 3.28. The average molecular weight is 323 g/mol. The second-order valence-electron chi connectivity index (χ2n) is 5.67. The summed E-state index contributed by atoms with van der Waals surface area (Å²) in [7, 11) is 1.74. The molecule has 1 aliphatic rings. The fourth-order valence-corrected chi connectivity index (χ4v) is 2.71. The molecule has 0 bridgehead atoms. The van der Waals surface area contributed by atoms with Gasteiger partial charge in [-0.1, -0.05) is 38.0 Å². The summed E-state index contributed by atoms with van der Waals surface area (Å²) in [6, 6.07) is 8.93. The molecule has 1 aliphatic carbocycles. The zero-order valence-corrected chi connectivity index (χ0v) is 13.6. The lowest BCUT2D eigenvalue weighted by molar-refractivity contribution is -0.159. The number of carboxylic acid groups (broad SMARTS) is 2. The number of ether oxygens (including phenoxy) is 1. The van der Waals surface area contributed by atoms with Gasteiger partial charge < -0.3 is 20.3 Å². The molecule has 0 aromatic heterocycles. The topological polar surface area (TPSA) is 95.9 Å². The highest BCUT2D eigenvalue weighted by atomic mass is 16.5. The highest BCUT2D eigenvalue weighted by Crippen LogP contribution is 2.25. The third-order valence-corrected chi connectivity index (χ3v) is 4.04. The van der Waals surface area contributed by atoms with E-state index in [9.17, 15) is 0 Å². The van der Waals surface area contributed by atoms with Crippen LogP contribution in [0, 0.1) is 5.92 Å². The van der Waals surface area contributed by atoms with Gasteiger partial charge in [0.25, 0.3) is 0 Å². The van der Waals surface area contributed by atoms with E-state index in [0.717, 1.165) is 18.2 Å². The van der Waals surface area contributed by atoms with Crippen molar-refractivity contribution in [3.63, 3.8) is 0 Å². The monoisotopic (exact) mass is 323 g/mol. The summed E-state index contributed by atoms with van der Waals surface area (Å²) in [5, 5.41) is 18.5. The van der Waals surface area contributed by atoms with Gasteiger partial charge in [-0.05, 0) is 24.8 Å². The van der Waals surface area contributed by atoms with Crippen molar-refractivity contribution in [3.05, 3.63) is 29.8 Å². The maximum absolute atomic E-state index is 9.10. The van der Waals surface area contributed by atoms with Crippen molar-refractivity contribution in [1.82, 2.24) is 5.32 Å². The zero-order valence-electron chi connectivity index (χ0n) is 13.6. The molecule has 2 rings (SSSR count). The Morgan fingerprint density at radius 3 is 2.35 bits per heavy atom. The first-order chi connectivity index (χ1) is 11.0. The summed E-state index contributed by atoms with van der Waals surface area (Å²) in [5.41, 5.74) is 1.26. The Kier molecular flexibility index (Phi) is 8.11. The van der Waals surface area contributed by atoms with E-state index >= 15 is 0 Å². The molecule has 2 atom stereocenters. The molecule has 128 valence electrons. The van der Waals surface area contributed by atoms with E-state index in [1.165, 1.54) is 31.2 Å². The van der Waals surface area contributed by atoms with Crippen LogP contribution in [0.2, 0.25) is 0 Å². The van der Waals surface area contributed by atoms with Gasteiger partial charge >= 0.3 is 11.9 Å². The van der Waals surface area contributed by atoms with Gasteiger partial charge in [0.05, 0.1) is 7.11 Å². The van der Waals surface area contributed by atoms with Gasteiger partial charge in [0.15, 0.2) is 0 Å². The van der Waals surface area contributed by atoms with Crippen molar-refractivity contribution in [1.29, 1.82) is 0 Å². The lowest BCUT2D eigenvalue weighted by atomic mass is 9.86. The molecule has 1 fully saturated rings. The van der Waals surface area contributed by atoms with Crippen LogP contribution < -0.4 is 10.1 Å². The molecular formula is C17H25NO5. The van der Waals surface area contributed by atoms with E-state index in [1.54, 1.807) is 7.11 Å². The molecule has 6 nitrogen and oxygen atoms in total. The van der Waals surface area contributed by atoms with Crippen molar-refractivity contribution < 1.29 is 24.5 Å². The van der Waals surface area contributed by atoms with Crippen LogP contribution in [-0.2, 0) is 16.1 Å². The fraction of sp³-hybridized carbons (Fsp3) is 0.529. The van der Waals surface area contributed by atoms with E-state index in [0.29, 0.717) is 6.04 Å². The Hall–Kier alpha value is -2.08. The summed E-state index contributed by atoms with van der Waals surface area (Å²) in [4.78, 5) is 18.2. The van der Waals surface area contributed by atoms with E-state index in [1.807, 2.05) is 12.1 Å². The van der Waals surface area contributed by atoms with Crippen LogP contribution >= 0.6 is 0 Å². The van der Waals surface area contributed by atoms with Gasteiger partial charge in [-0.15, -0.1) is 0 Å². The minimum atomic E-state index is -1.82. The smallest absolute Gasteiger partial charge is 0.414 e. The third-order valence-electron chi connectivity index (χ3n) is 4.04. The first-order valence-corrected chi connectivity index (χ1v) is 7.77. The standard InChI is InChI=1S/C15H23NO.C2H2O4/c1-12-7-3-5-9-14(12)16-11-13-8-4-6-10-15(13)17-2;3-1(4)2(5)6/h4,6,8,10,12,14,16H,3,5,7,9,11H2,1-2H3;(H,3,4)(H,5,6). The van der Waals surface area contributed by atoms with Crippen LogP contribution in [0.25, 0.3) is 0 Å². The van der Waals surface area contributed by atoms with Crippen LogP contribution in [0.3, 0.4) is 0 Å². The predicted molar refractivity (Wildman–Crippen MR) is 86.5 cm³/mol. The van der Waals surface area contributed by atoms with Crippen molar-refractivity contribution in [2.75, 3.05) is 7.11 Å². The van der Waals surface area contributed by atoms with Crippen LogP contribution in [0.5, 0.6) is 5.75 Å². The minimum absolute atomic E-state index is 0.675. The van der Waals surface area contributed by atoms with Gasteiger partial charge in [0.1, 0.15) is 5.75 Å². The Bertz CT molecular complexity index is 505. The summed E-state index contributed by atoms with van der Waals surface area (Å²) >= 11 is 0. The Morgan fingerprint density at radius 1 is 1.17 bits per heavy atom. The van der Waals surface area contributed by atoms with E-state index in [2.05, 4.69) is 24.4 Å². The third kappa shape index (κ3) is 6.69. The molecule has 6 heteroatoms. The van der Waals surface area contributed by atoms with E-state index in [4.69, 9.17) is 24.5 Å². The number of hydrogen-bond donors (Lipinski definition) is 3. The number of carbonyl (C=O) groups is 2. The molecule has 0 radical (unpaired) electrons. The number of benzene rings is 1. The summed E-state index contributed by atoms with van der Waals surface area (Å²) in [6.07, 6.45) is 5.45. The van der Waals surface area contributed by atoms with Crippen LogP contribution in [0.4, 0.5) is 0 Å². The minimum Gasteiger partial charge on any atom is -0.496 e. The molecule has 0 aliphatic heterocycles. The van der Waals surface area contributed by atoms with Crippen LogP contribution in [0.15, 0.2) is 24.3 Å². The largest absolute Gasteiger partial charge is 0.496 e. The molecule has 1 aromatic carbocycles. The molecule has 0 spiro atoms. The van der Waals surface area contributed by atoms with Crippen molar-refractivity contribution in [3.8, 4) is 5.75 Å². The van der Waals surface area contributed by atoms with Crippen LogP contribution in [0.1, 0.15) is 38.2 Å². The molecule has 23 heavy (non-hydrogen) atoms. The van der Waals surface area contributed by atoms with Crippen molar-refractivity contribution >= 4 is 11.9 Å². The van der Waals surface area contributed by atoms with E-state index < -0.39 is 11.9 Å². The maximum atomic E-state index is 9.10. The van der Waals surface area contributed by atoms with Crippen molar-refractivity contribution in [2.24, 2.45) is 5.92 Å². The van der Waals surface area contributed by atoms with Gasteiger partial charge in [0.2, 0.25) is 0 Å². The molecule has 1 saturated carbocycles. The number of nitrogens with one attached hydrogen (secondary N) is 1. The molecular weight excluding hydrogens is 298 g/mol. The first-order valence-electron chi connectivity index (χ1n) is 7.77. The summed E-state index contributed by atoms with van der Waals surface area (Å²) < 4.78 is 5.37. The number of rotatable bonds is 4. The molecule has 2 unspecified atom stereocenters. The Morgan fingerprint density at radius 2 is 1.78 bits per heavy atom. The first kappa shape index (κ1) is 19.0. The molecule has 1 aromatic rings. The van der Waals surface area contributed by atoms with Crippen molar-refractivity contribution in [2.45, 2.75) is 45.2 Å². The maximum Gasteiger partial charge on any atom is 0.414 e. The second-order valence-corrected chi connectivity index (χ2v) is 5.67. The molecule has 0 amide bonds. The SMILES string of the molecule is COc1ccccc1CNC1CCCCC1C.O=C(O)C(=O)O. The van der Waals surface area contributed by atoms with E-state index in [-0.39, 0.29) is 0 Å². The van der Waals surface area contributed by atoms with Gasteiger partial charge in [-0.25, -0.2) is 9.59 Å². The second kappa shape index (κ2) is 9.84. The lowest BCUT2D eigenvalue weighted by Crippen LogP contribution is -2.36. The van der Waals surface area contributed by atoms with Gasteiger partial charge in [-0.3, -0.25) is 0 Å². The Balaban J connectivity index is 0.000000379. The van der Waals surface area contributed by atoms with Gasteiger partial charge in [0, 0.05) is 18.2 Å². The zero-order chi connectivity index (χ0) is 17.2. The highest BCUT2D eigenvalue weighted by Gasteiger charge is 2.20. The number of aliphatic carboxylic acids is 2. The molecule has 0 saturated heterocycles. The fourth-order valence-electron chi connectivity index (χ4n) is 2.71. The Labute approximate surface area is 136 Å². The summed E-state index contributed by atoms with van der Waals surface area (Å²) in [5.74, 6) is -1.85. The number of hydrogen-bond acceptors (Lipinski definition) is 4. The normalized spacial score (nSPS) is 20.1. The quantitative estimate of drug-likeness (QED) is 0.737. The lowest BCUT2D eigenvalue weighted by Gasteiger charge is -2.29.